The SMILES string of the molecule is COc1ccc2c(C)c(CCC(=O)NC3CCC(C(=O)O)CC3)c(=O)oc2c1. The van der Waals surface area contributed by atoms with E-state index in [1.54, 1.807) is 19.2 Å². The van der Waals surface area contributed by atoms with Crippen LogP contribution < -0.4 is 15.7 Å². The van der Waals surface area contributed by atoms with E-state index in [0.717, 1.165) is 10.9 Å². The number of carboxylic acid groups (broad SMARTS) is 1. The Bertz CT molecular complexity index is 940. The van der Waals surface area contributed by atoms with E-state index < -0.39 is 11.6 Å². The predicted octanol–water partition coefficient (Wildman–Crippen LogP) is 2.80. The molecule has 28 heavy (non-hydrogen) atoms. The number of aryl methyl sites for hydroxylation is 1. The molecule has 1 amide bonds. The molecule has 1 aliphatic rings. The molecular formula is C21H25NO6. The van der Waals surface area contributed by atoms with Gasteiger partial charge in [0.1, 0.15) is 11.3 Å². The van der Waals surface area contributed by atoms with Crippen LogP contribution in [0.1, 0.15) is 43.2 Å². The molecule has 3 rings (SSSR count). The van der Waals surface area contributed by atoms with Gasteiger partial charge in [0.05, 0.1) is 13.0 Å². The summed E-state index contributed by atoms with van der Waals surface area (Å²) in [7, 11) is 1.55. The van der Waals surface area contributed by atoms with Gasteiger partial charge in [-0.2, -0.15) is 0 Å². The number of benzene rings is 1. The lowest BCUT2D eigenvalue weighted by molar-refractivity contribution is -0.142. The summed E-state index contributed by atoms with van der Waals surface area (Å²) in [4.78, 5) is 35.7. The van der Waals surface area contributed by atoms with Crippen molar-refractivity contribution in [3.63, 3.8) is 0 Å². The number of aliphatic carboxylic acids is 1. The second-order valence-corrected chi connectivity index (χ2v) is 7.31. The molecule has 7 nitrogen and oxygen atoms in total. The van der Waals surface area contributed by atoms with Gasteiger partial charge in [-0.3, -0.25) is 9.59 Å². The van der Waals surface area contributed by atoms with Crippen LogP contribution in [-0.2, 0) is 16.0 Å². The number of nitrogens with one attached hydrogen (secondary N) is 1. The maximum absolute atomic E-state index is 12.4. The summed E-state index contributed by atoms with van der Waals surface area (Å²) in [5.41, 5.74) is 1.34. The van der Waals surface area contributed by atoms with Crippen molar-refractivity contribution in [2.24, 2.45) is 5.92 Å². The van der Waals surface area contributed by atoms with Crippen molar-refractivity contribution in [3.8, 4) is 5.75 Å². The average molecular weight is 387 g/mol. The molecule has 1 fully saturated rings. The van der Waals surface area contributed by atoms with Gasteiger partial charge in [-0.1, -0.05) is 0 Å². The summed E-state index contributed by atoms with van der Waals surface area (Å²) in [5.74, 6) is -0.593. The summed E-state index contributed by atoms with van der Waals surface area (Å²) in [6, 6.07) is 5.33. The fourth-order valence-corrected chi connectivity index (χ4v) is 3.81. The Morgan fingerprint density at radius 2 is 1.96 bits per heavy atom. The first-order valence-corrected chi connectivity index (χ1v) is 9.51. The van der Waals surface area contributed by atoms with Crippen LogP contribution in [-0.4, -0.2) is 30.1 Å². The number of ether oxygens (including phenoxy) is 1. The molecule has 1 aromatic carbocycles. The molecule has 1 saturated carbocycles. The third kappa shape index (κ3) is 4.35. The number of carboxylic acids is 1. The van der Waals surface area contributed by atoms with E-state index in [4.69, 9.17) is 14.3 Å². The highest BCUT2D eigenvalue weighted by atomic mass is 16.5. The minimum absolute atomic E-state index is 0.00433. The van der Waals surface area contributed by atoms with Crippen molar-refractivity contribution >= 4 is 22.8 Å². The van der Waals surface area contributed by atoms with E-state index in [2.05, 4.69) is 5.32 Å². The van der Waals surface area contributed by atoms with Gasteiger partial charge in [-0.15, -0.1) is 0 Å². The zero-order valence-corrected chi connectivity index (χ0v) is 16.1. The number of hydrogen-bond acceptors (Lipinski definition) is 5. The highest BCUT2D eigenvalue weighted by Gasteiger charge is 2.26. The second kappa shape index (κ2) is 8.46. The monoisotopic (exact) mass is 387 g/mol. The molecule has 0 radical (unpaired) electrons. The summed E-state index contributed by atoms with van der Waals surface area (Å²) >= 11 is 0. The lowest BCUT2D eigenvalue weighted by Gasteiger charge is -2.26. The lowest BCUT2D eigenvalue weighted by Crippen LogP contribution is -2.38. The van der Waals surface area contributed by atoms with E-state index in [9.17, 15) is 14.4 Å². The molecule has 1 aliphatic carbocycles. The fraction of sp³-hybridized carbons (Fsp3) is 0.476. The standard InChI is InChI=1S/C21H25NO6/c1-12-16-8-7-15(27-2)11-18(16)28-21(26)17(12)9-10-19(23)22-14-5-3-13(4-6-14)20(24)25/h7-8,11,13-14H,3-6,9-10H2,1-2H3,(H,22,23)(H,24,25). The molecule has 0 spiro atoms. The zero-order valence-electron chi connectivity index (χ0n) is 16.1. The Kier molecular flexibility index (Phi) is 6.02. The number of rotatable bonds is 6. The van der Waals surface area contributed by atoms with E-state index in [-0.39, 0.29) is 24.3 Å². The van der Waals surface area contributed by atoms with Gasteiger partial charge in [0.2, 0.25) is 5.91 Å². The minimum atomic E-state index is -0.763. The second-order valence-electron chi connectivity index (χ2n) is 7.31. The third-order valence-corrected chi connectivity index (χ3v) is 5.54. The summed E-state index contributed by atoms with van der Waals surface area (Å²) in [5, 5.41) is 12.8. The topological polar surface area (TPSA) is 106 Å². The van der Waals surface area contributed by atoms with Crippen LogP contribution in [0.4, 0.5) is 0 Å². The Balaban J connectivity index is 1.63. The summed E-state index contributed by atoms with van der Waals surface area (Å²) < 4.78 is 10.6. The highest BCUT2D eigenvalue weighted by Crippen LogP contribution is 2.26. The molecular weight excluding hydrogens is 362 g/mol. The summed E-state index contributed by atoms with van der Waals surface area (Å²) in [6.07, 6.45) is 2.98. The highest BCUT2D eigenvalue weighted by molar-refractivity contribution is 5.83. The van der Waals surface area contributed by atoms with Crippen molar-refractivity contribution in [3.05, 3.63) is 39.7 Å². The van der Waals surface area contributed by atoms with Crippen LogP contribution in [0.25, 0.3) is 11.0 Å². The van der Waals surface area contributed by atoms with Crippen LogP contribution >= 0.6 is 0 Å². The molecule has 0 atom stereocenters. The first-order valence-electron chi connectivity index (χ1n) is 9.51. The van der Waals surface area contributed by atoms with Crippen LogP contribution in [0.5, 0.6) is 5.75 Å². The molecule has 150 valence electrons. The van der Waals surface area contributed by atoms with E-state index in [1.807, 2.05) is 13.0 Å². The number of methoxy groups -OCH3 is 1. The smallest absolute Gasteiger partial charge is 0.339 e. The van der Waals surface area contributed by atoms with Crippen molar-refractivity contribution in [2.45, 2.75) is 51.5 Å². The number of amides is 1. The molecule has 7 heteroatoms. The first-order chi connectivity index (χ1) is 13.4. The van der Waals surface area contributed by atoms with Gasteiger partial charge in [0, 0.05) is 29.5 Å². The maximum Gasteiger partial charge on any atom is 0.339 e. The molecule has 2 aromatic rings. The Morgan fingerprint density at radius 1 is 1.25 bits per heavy atom. The fourth-order valence-electron chi connectivity index (χ4n) is 3.81. The Hall–Kier alpha value is -2.83. The molecule has 0 saturated heterocycles. The molecule has 0 aliphatic heterocycles. The third-order valence-electron chi connectivity index (χ3n) is 5.54. The van der Waals surface area contributed by atoms with Gasteiger partial charge in [0.25, 0.3) is 0 Å². The zero-order chi connectivity index (χ0) is 20.3. The van der Waals surface area contributed by atoms with Gasteiger partial charge < -0.3 is 19.6 Å². The largest absolute Gasteiger partial charge is 0.497 e. The average Bonchev–Trinajstić information content (AvgIpc) is 2.67. The first kappa shape index (κ1) is 19.9. The van der Waals surface area contributed by atoms with Gasteiger partial charge in [-0.05, 0) is 56.7 Å². The molecule has 1 aromatic heterocycles. The van der Waals surface area contributed by atoms with E-state index in [0.29, 0.717) is 49.0 Å². The van der Waals surface area contributed by atoms with Gasteiger partial charge in [0.15, 0.2) is 0 Å². The predicted molar refractivity (Wildman–Crippen MR) is 104 cm³/mol. The van der Waals surface area contributed by atoms with Crippen LogP contribution in [0, 0.1) is 12.8 Å². The van der Waals surface area contributed by atoms with Crippen molar-refractivity contribution < 1.29 is 23.8 Å². The van der Waals surface area contributed by atoms with Crippen LogP contribution in [0.2, 0.25) is 0 Å². The maximum atomic E-state index is 12.4. The molecule has 0 unspecified atom stereocenters. The quantitative estimate of drug-likeness (QED) is 0.739. The number of carbonyl (C=O) groups excluding carboxylic acids is 1. The normalized spacial score (nSPS) is 19.4. The Morgan fingerprint density at radius 3 is 2.61 bits per heavy atom. The van der Waals surface area contributed by atoms with Crippen molar-refractivity contribution in [1.82, 2.24) is 5.32 Å². The summed E-state index contributed by atoms with van der Waals surface area (Å²) in [6.45, 7) is 1.85. The van der Waals surface area contributed by atoms with Crippen molar-refractivity contribution in [2.75, 3.05) is 7.11 Å². The Labute approximate surface area is 162 Å². The van der Waals surface area contributed by atoms with Crippen molar-refractivity contribution in [1.29, 1.82) is 0 Å². The molecule has 0 bridgehead atoms. The van der Waals surface area contributed by atoms with Gasteiger partial charge >= 0.3 is 11.6 Å². The van der Waals surface area contributed by atoms with E-state index in [1.165, 1.54) is 0 Å². The molecule has 2 N–H and O–H groups in total. The van der Waals surface area contributed by atoms with Crippen LogP contribution in [0.3, 0.4) is 0 Å². The van der Waals surface area contributed by atoms with Crippen LogP contribution in [0.15, 0.2) is 27.4 Å². The van der Waals surface area contributed by atoms with E-state index >= 15 is 0 Å². The minimum Gasteiger partial charge on any atom is -0.497 e. The molecule has 1 heterocycles. The number of hydrogen-bond donors (Lipinski definition) is 2. The number of carbonyl (C=O) groups is 2. The number of fused-ring (bicyclic) bond motifs is 1. The van der Waals surface area contributed by atoms with Gasteiger partial charge in [-0.25, -0.2) is 4.79 Å². The lowest BCUT2D eigenvalue weighted by atomic mass is 9.86.